The number of carbonyl (C=O) groups excluding carboxylic acids is 1. The van der Waals surface area contributed by atoms with Crippen LogP contribution in [0.1, 0.15) is 31.9 Å². The molecule has 0 N–H and O–H groups in total. The number of hydrogen-bond acceptors (Lipinski definition) is 6. The summed E-state index contributed by atoms with van der Waals surface area (Å²) >= 11 is 1.08. The third kappa shape index (κ3) is 6.16. The number of rotatable bonds is 8. The van der Waals surface area contributed by atoms with Crippen molar-refractivity contribution in [1.82, 2.24) is 0 Å². The molecular formula is C20H23N3O4S. The van der Waals surface area contributed by atoms with Gasteiger partial charge in [-0.05, 0) is 37.1 Å². The Balaban J connectivity index is 2.28. The van der Waals surface area contributed by atoms with E-state index in [0.717, 1.165) is 41.6 Å². The van der Waals surface area contributed by atoms with E-state index in [2.05, 4.69) is 22.1 Å². The maximum Gasteiger partial charge on any atom is 0.296 e. The van der Waals surface area contributed by atoms with Crippen molar-refractivity contribution in [3.8, 4) is 17.1 Å². The van der Waals surface area contributed by atoms with Gasteiger partial charge in [-0.25, -0.2) is 4.99 Å². The van der Waals surface area contributed by atoms with E-state index in [9.17, 15) is 9.70 Å². The number of amides is 1. The van der Waals surface area contributed by atoms with Gasteiger partial charge in [-0.15, -0.1) is 4.91 Å². The number of furan rings is 1. The maximum absolute atomic E-state index is 11.1. The molecule has 8 heteroatoms. The lowest BCUT2D eigenvalue weighted by atomic mass is 10.1. The first-order valence-electron chi connectivity index (χ1n) is 8.89. The molecular weight excluding hydrogens is 378 g/mol. The monoisotopic (exact) mass is 401 g/mol. The molecule has 148 valence electrons. The highest BCUT2D eigenvalue weighted by molar-refractivity contribution is 8.14. The minimum atomic E-state index is -0.741. The first-order valence-corrected chi connectivity index (χ1v) is 9.87. The molecule has 0 saturated heterocycles. The van der Waals surface area contributed by atoms with Crippen molar-refractivity contribution in [1.29, 1.82) is 0 Å². The fraction of sp³-hybridized carbons (Fsp3) is 0.350. The van der Waals surface area contributed by atoms with Crippen LogP contribution in [-0.4, -0.2) is 36.7 Å². The summed E-state index contributed by atoms with van der Waals surface area (Å²) in [5.74, 6) is 1.28. The van der Waals surface area contributed by atoms with Gasteiger partial charge in [0.2, 0.25) is 0 Å². The lowest BCUT2D eigenvalue weighted by Gasteiger charge is -2.05. The van der Waals surface area contributed by atoms with Gasteiger partial charge >= 0.3 is 0 Å². The minimum absolute atomic E-state index is 0.0893. The number of benzene rings is 1. The van der Waals surface area contributed by atoms with Gasteiger partial charge in [-0.3, -0.25) is 9.79 Å². The summed E-state index contributed by atoms with van der Waals surface area (Å²) in [6.45, 7) is 2.10. The van der Waals surface area contributed by atoms with Crippen molar-refractivity contribution in [2.24, 2.45) is 15.2 Å². The average Bonchev–Trinajstić information content (AvgIpc) is 3.23. The van der Waals surface area contributed by atoms with E-state index < -0.39 is 5.91 Å². The normalized spacial score (nSPS) is 12.1. The number of ether oxygens (including phenoxy) is 1. The van der Waals surface area contributed by atoms with Gasteiger partial charge < -0.3 is 9.15 Å². The Morgan fingerprint density at radius 3 is 2.75 bits per heavy atom. The lowest BCUT2D eigenvalue weighted by Crippen LogP contribution is -2.05. The zero-order valence-corrected chi connectivity index (χ0v) is 17.0. The van der Waals surface area contributed by atoms with Crippen LogP contribution in [0.3, 0.4) is 0 Å². The molecule has 1 amide bonds. The number of carbonyl (C=O) groups is 1. The van der Waals surface area contributed by atoms with E-state index in [0.29, 0.717) is 23.1 Å². The summed E-state index contributed by atoms with van der Waals surface area (Å²) in [6, 6.07) is 11.4. The van der Waals surface area contributed by atoms with Gasteiger partial charge in [0, 0.05) is 17.8 Å². The molecule has 0 aliphatic rings. The number of thioether (sulfide) groups is 1. The quantitative estimate of drug-likeness (QED) is 0.354. The molecule has 28 heavy (non-hydrogen) atoms. The van der Waals surface area contributed by atoms with E-state index in [1.54, 1.807) is 14.2 Å². The second-order valence-electron chi connectivity index (χ2n) is 5.84. The number of methoxy groups -OCH3 is 1. The molecule has 0 bridgehead atoms. The van der Waals surface area contributed by atoms with Crippen molar-refractivity contribution in [3.05, 3.63) is 47.1 Å². The summed E-state index contributed by atoms with van der Waals surface area (Å²) in [4.78, 5) is 30.1. The van der Waals surface area contributed by atoms with Crippen LogP contribution in [0, 0.1) is 4.91 Å². The molecule has 0 saturated carbocycles. The summed E-state index contributed by atoms with van der Waals surface area (Å²) in [5, 5.41) is 2.80. The van der Waals surface area contributed by atoms with Crippen molar-refractivity contribution >= 4 is 28.5 Å². The van der Waals surface area contributed by atoms with Crippen molar-refractivity contribution < 1.29 is 13.9 Å². The molecule has 0 radical (unpaired) electrons. The number of aliphatic imine (C=N–C) groups is 2. The Morgan fingerprint density at radius 2 is 2.07 bits per heavy atom. The molecule has 2 aromatic rings. The fourth-order valence-electron chi connectivity index (χ4n) is 2.42. The maximum atomic E-state index is 11.1. The Bertz CT molecular complexity index is 874. The second-order valence-corrected chi connectivity index (χ2v) is 6.78. The predicted molar refractivity (Wildman–Crippen MR) is 113 cm³/mol. The van der Waals surface area contributed by atoms with Gasteiger partial charge in [0.1, 0.15) is 17.3 Å². The Morgan fingerprint density at radius 1 is 1.25 bits per heavy atom. The highest BCUT2D eigenvalue weighted by Gasteiger charge is 2.13. The first-order chi connectivity index (χ1) is 13.6. The third-order valence-corrected chi connectivity index (χ3v) is 4.78. The minimum Gasteiger partial charge on any atom is -0.497 e. The molecule has 1 heterocycles. The number of unbranched alkanes of at least 4 members (excludes halogenated alkanes) is 1. The Labute approximate surface area is 168 Å². The van der Waals surface area contributed by atoms with E-state index in [4.69, 9.17) is 9.15 Å². The van der Waals surface area contributed by atoms with Crippen LogP contribution in [0.2, 0.25) is 0 Å². The second kappa shape index (κ2) is 11.2. The summed E-state index contributed by atoms with van der Waals surface area (Å²) in [6.07, 6.45) is 2.65. The van der Waals surface area contributed by atoms with Crippen molar-refractivity contribution in [2.45, 2.75) is 26.2 Å². The highest BCUT2D eigenvalue weighted by Crippen LogP contribution is 2.27. The summed E-state index contributed by atoms with van der Waals surface area (Å²) in [7, 11) is 3.21. The molecule has 0 unspecified atom stereocenters. The zero-order valence-electron chi connectivity index (χ0n) is 16.2. The van der Waals surface area contributed by atoms with Crippen LogP contribution < -0.4 is 4.74 Å². The van der Waals surface area contributed by atoms with Gasteiger partial charge in [0.25, 0.3) is 5.91 Å². The van der Waals surface area contributed by atoms with Gasteiger partial charge in [-0.1, -0.05) is 37.2 Å². The topological polar surface area (TPSA) is 93.6 Å². The van der Waals surface area contributed by atoms with E-state index in [-0.39, 0.29) is 5.75 Å². The van der Waals surface area contributed by atoms with Crippen LogP contribution in [0.4, 0.5) is 0 Å². The SMILES string of the molecule is CCCCC(=NC(=NC)SCC(=O)N=O)c1ccc(-c2cccc(OC)c2)o1. The molecule has 2 rings (SSSR count). The molecule has 0 aliphatic heterocycles. The van der Waals surface area contributed by atoms with Crippen molar-refractivity contribution in [3.63, 3.8) is 0 Å². The van der Waals surface area contributed by atoms with Gasteiger partial charge in [0.05, 0.1) is 18.6 Å². The van der Waals surface area contributed by atoms with Crippen molar-refractivity contribution in [2.75, 3.05) is 19.9 Å². The Kier molecular flexibility index (Phi) is 8.61. The average molecular weight is 401 g/mol. The summed E-state index contributed by atoms with van der Waals surface area (Å²) < 4.78 is 11.3. The van der Waals surface area contributed by atoms with E-state index >= 15 is 0 Å². The fourth-order valence-corrected chi connectivity index (χ4v) is 3.03. The molecule has 1 aromatic carbocycles. The van der Waals surface area contributed by atoms with E-state index in [1.807, 2.05) is 36.4 Å². The Hall–Kier alpha value is -2.74. The van der Waals surface area contributed by atoms with Crippen LogP contribution in [-0.2, 0) is 4.79 Å². The standard InChI is InChI=1S/C20H23N3O4S/c1-4-5-9-16(22-20(21-2)28-13-19(24)23-25)18-11-10-17(27-18)14-7-6-8-15(12-14)26-3/h6-8,10-12H,4-5,9,13H2,1-3H3. The molecule has 0 fully saturated rings. The van der Waals surface area contributed by atoms with E-state index in [1.165, 1.54) is 0 Å². The number of nitrogens with zero attached hydrogens (tertiary/aromatic N) is 3. The largest absolute Gasteiger partial charge is 0.497 e. The number of nitroso groups, excluding NO2 is 1. The first kappa shape index (κ1) is 21.6. The summed E-state index contributed by atoms with van der Waals surface area (Å²) in [5.41, 5.74) is 1.65. The number of hydrogen-bond donors (Lipinski definition) is 0. The smallest absolute Gasteiger partial charge is 0.296 e. The third-order valence-electron chi connectivity index (χ3n) is 3.86. The lowest BCUT2D eigenvalue weighted by molar-refractivity contribution is -0.115. The molecule has 1 aromatic heterocycles. The van der Waals surface area contributed by atoms with Crippen LogP contribution >= 0.6 is 11.8 Å². The van der Waals surface area contributed by atoms with Crippen LogP contribution in [0.5, 0.6) is 5.75 Å². The molecule has 0 atom stereocenters. The predicted octanol–water partition coefficient (Wildman–Crippen LogP) is 4.95. The molecule has 0 aliphatic carbocycles. The zero-order chi connectivity index (χ0) is 20.4. The van der Waals surface area contributed by atoms with Crippen LogP contribution in [0.15, 0.2) is 56.0 Å². The molecule has 0 spiro atoms. The van der Waals surface area contributed by atoms with Crippen LogP contribution in [0.25, 0.3) is 11.3 Å². The molecule has 7 nitrogen and oxygen atoms in total. The number of amidine groups is 1. The van der Waals surface area contributed by atoms with Gasteiger partial charge in [-0.2, -0.15) is 0 Å². The highest BCUT2D eigenvalue weighted by atomic mass is 32.2. The van der Waals surface area contributed by atoms with Gasteiger partial charge in [0.15, 0.2) is 5.17 Å².